The Hall–Kier alpha value is -3.29. The summed E-state index contributed by atoms with van der Waals surface area (Å²) in [7, 11) is 0. The van der Waals surface area contributed by atoms with Gasteiger partial charge in [-0.25, -0.2) is 4.79 Å². The monoisotopic (exact) mass is 362 g/mol. The van der Waals surface area contributed by atoms with Crippen LogP contribution in [0.4, 0.5) is 4.79 Å². The van der Waals surface area contributed by atoms with Crippen molar-refractivity contribution in [1.82, 2.24) is 0 Å². The second-order valence-electron chi connectivity index (χ2n) is 5.77. The fraction of sp³-hybridized carbons (Fsp3) is 0.278. The maximum absolute atomic E-state index is 11.8. The first-order valence-corrected chi connectivity index (χ1v) is 7.95. The van der Waals surface area contributed by atoms with E-state index in [9.17, 15) is 25.2 Å². The molecule has 3 rings (SSSR count). The fourth-order valence-electron chi connectivity index (χ4n) is 2.83. The van der Waals surface area contributed by atoms with Crippen LogP contribution in [0.15, 0.2) is 30.3 Å². The van der Waals surface area contributed by atoms with E-state index in [2.05, 4.69) is 0 Å². The van der Waals surface area contributed by atoms with Crippen LogP contribution in [0, 0.1) is 0 Å². The molecule has 0 aliphatic carbocycles. The lowest BCUT2D eigenvalue weighted by atomic mass is 9.93. The average molecular weight is 362 g/mol. The van der Waals surface area contributed by atoms with Gasteiger partial charge in [0.05, 0.1) is 6.61 Å². The van der Waals surface area contributed by atoms with E-state index in [0.29, 0.717) is 11.1 Å². The largest absolute Gasteiger partial charge is 0.508 e. The van der Waals surface area contributed by atoms with E-state index in [1.54, 1.807) is 6.92 Å². The highest BCUT2D eigenvalue weighted by atomic mass is 16.7. The molecule has 1 aliphatic rings. The van der Waals surface area contributed by atoms with Crippen LogP contribution in [-0.4, -0.2) is 39.3 Å². The number of carbonyl (C=O) groups excluding carboxylic acids is 1. The topological polar surface area (TPSA) is 126 Å². The van der Waals surface area contributed by atoms with E-state index in [1.165, 1.54) is 24.3 Å². The molecule has 0 radical (unpaired) electrons. The minimum atomic E-state index is -0.893. The van der Waals surface area contributed by atoms with Gasteiger partial charge in [-0.2, -0.15) is 0 Å². The van der Waals surface area contributed by atoms with Crippen LogP contribution >= 0.6 is 0 Å². The quantitative estimate of drug-likeness (QED) is 0.485. The first-order chi connectivity index (χ1) is 12.4. The van der Waals surface area contributed by atoms with Crippen molar-refractivity contribution >= 4 is 6.16 Å². The maximum atomic E-state index is 11.8. The molecule has 0 spiro atoms. The summed E-state index contributed by atoms with van der Waals surface area (Å²) in [6, 6.07) is 6.58. The van der Waals surface area contributed by atoms with Crippen molar-refractivity contribution < 1.29 is 39.4 Å². The number of hydrogen-bond acceptors (Lipinski definition) is 8. The standard InChI is InChI=1S/C18H18O8/c1-2-24-18(23)26-16-8-11-13(21)6-10(19)7-15(11)25-17(16)9-3-4-12(20)14(22)5-9/h3-7,16-17,19-22H,2,8H2,1H3/t16-,17+/m1/s1. The maximum Gasteiger partial charge on any atom is 0.508 e. The second-order valence-corrected chi connectivity index (χ2v) is 5.77. The molecule has 8 heteroatoms. The van der Waals surface area contributed by atoms with Crippen LogP contribution in [0.2, 0.25) is 0 Å². The number of ether oxygens (including phenoxy) is 3. The summed E-state index contributed by atoms with van der Waals surface area (Å²) in [5.74, 6) is -0.805. The molecule has 0 unspecified atom stereocenters. The van der Waals surface area contributed by atoms with Gasteiger partial charge in [0.15, 0.2) is 23.7 Å². The van der Waals surface area contributed by atoms with Crippen LogP contribution in [0.1, 0.15) is 24.2 Å². The molecule has 26 heavy (non-hydrogen) atoms. The van der Waals surface area contributed by atoms with E-state index in [1.807, 2.05) is 0 Å². The lowest BCUT2D eigenvalue weighted by Crippen LogP contribution is -2.35. The van der Waals surface area contributed by atoms with Gasteiger partial charge in [-0.1, -0.05) is 6.07 Å². The average Bonchev–Trinajstić information content (AvgIpc) is 2.57. The lowest BCUT2D eigenvalue weighted by molar-refractivity contribution is -0.0310. The zero-order valence-electron chi connectivity index (χ0n) is 13.9. The van der Waals surface area contributed by atoms with Crippen LogP contribution in [-0.2, 0) is 15.9 Å². The summed E-state index contributed by atoms with van der Waals surface area (Å²) >= 11 is 0. The first-order valence-electron chi connectivity index (χ1n) is 7.95. The Balaban J connectivity index is 1.99. The SMILES string of the molecule is CCOC(=O)O[C@@H]1Cc2c(O)cc(O)cc2O[C@H]1c1ccc(O)c(O)c1. The minimum Gasteiger partial charge on any atom is -0.508 e. The Kier molecular flexibility index (Phi) is 4.66. The summed E-state index contributed by atoms with van der Waals surface area (Å²) in [6.07, 6.45) is -2.50. The van der Waals surface area contributed by atoms with Gasteiger partial charge in [0, 0.05) is 29.7 Å². The van der Waals surface area contributed by atoms with E-state index < -0.39 is 18.4 Å². The van der Waals surface area contributed by atoms with Gasteiger partial charge >= 0.3 is 6.16 Å². The summed E-state index contributed by atoms with van der Waals surface area (Å²) in [5, 5.41) is 39.0. The summed E-state index contributed by atoms with van der Waals surface area (Å²) in [6.45, 7) is 1.77. The number of phenolic OH excluding ortho intramolecular Hbond substituents is 4. The molecule has 1 aliphatic heterocycles. The second kappa shape index (κ2) is 6.91. The van der Waals surface area contributed by atoms with Gasteiger partial charge in [-0.15, -0.1) is 0 Å². The van der Waals surface area contributed by atoms with Gasteiger partial charge in [0.25, 0.3) is 0 Å². The molecular weight excluding hydrogens is 344 g/mol. The van der Waals surface area contributed by atoms with E-state index >= 15 is 0 Å². The fourth-order valence-corrected chi connectivity index (χ4v) is 2.83. The van der Waals surface area contributed by atoms with Gasteiger partial charge in [0.2, 0.25) is 0 Å². The smallest absolute Gasteiger partial charge is 0.508 e. The van der Waals surface area contributed by atoms with Crippen LogP contribution < -0.4 is 4.74 Å². The van der Waals surface area contributed by atoms with Crippen molar-refractivity contribution in [3.8, 4) is 28.7 Å². The highest BCUT2D eigenvalue weighted by molar-refractivity contribution is 5.61. The van der Waals surface area contributed by atoms with E-state index in [0.717, 1.165) is 6.07 Å². The number of fused-ring (bicyclic) bond motifs is 1. The van der Waals surface area contributed by atoms with E-state index in [4.69, 9.17) is 14.2 Å². The number of carbonyl (C=O) groups is 1. The molecule has 0 bridgehead atoms. The predicted molar refractivity (Wildman–Crippen MR) is 88.5 cm³/mol. The van der Waals surface area contributed by atoms with E-state index in [-0.39, 0.29) is 41.8 Å². The summed E-state index contributed by atoms with van der Waals surface area (Å²) in [4.78, 5) is 11.8. The number of benzene rings is 2. The number of aromatic hydroxyl groups is 4. The molecule has 138 valence electrons. The Morgan fingerprint density at radius 2 is 1.88 bits per heavy atom. The molecule has 2 aromatic rings. The van der Waals surface area contributed by atoms with Crippen molar-refractivity contribution in [1.29, 1.82) is 0 Å². The van der Waals surface area contributed by atoms with Crippen molar-refractivity contribution in [2.24, 2.45) is 0 Å². The van der Waals surface area contributed by atoms with Gasteiger partial charge in [-0.05, 0) is 19.1 Å². The third-order valence-electron chi connectivity index (χ3n) is 4.00. The molecule has 2 atom stereocenters. The van der Waals surface area contributed by atoms with Crippen molar-refractivity contribution in [2.75, 3.05) is 6.61 Å². The lowest BCUT2D eigenvalue weighted by Gasteiger charge is -2.33. The minimum absolute atomic E-state index is 0.104. The summed E-state index contributed by atoms with van der Waals surface area (Å²) < 4.78 is 15.9. The molecule has 4 N–H and O–H groups in total. The molecule has 1 heterocycles. The van der Waals surface area contributed by atoms with Crippen LogP contribution in [0.5, 0.6) is 28.7 Å². The third kappa shape index (κ3) is 3.39. The highest BCUT2D eigenvalue weighted by Crippen LogP contribution is 2.43. The van der Waals surface area contributed by atoms with Crippen molar-refractivity contribution in [2.45, 2.75) is 25.6 Å². The molecule has 0 aromatic heterocycles. The molecule has 0 saturated carbocycles. The zero-order chi connectivity index (χ0) is 18.8. The van der Waals surface area contributed by atoms with Crippen molar-refractivity contribution in [3.63, 3.8) is 0 Å². The molecule has 2 aromatic carbocycles. The summed E-state index contributed by atoms with van der Waals surface area (Å²) in [5.41, 5.74) is 0.805. The Bertz CT molecular complexity index is 832. The Morgan fingerprint density at radius 1 is 1.12 bits per heavy atom. The van der Waals surface area contributed by atoms with Crippen LogP contribution in [0.3, 0.4) is 0 Å². The van der Waals surface area contributed by atoms with Gasteiger partial charge in [-0.3, -0.25) is 0 Å². The van der Waals surface area contributed by atoms with Gasteiger partial charge < -0.3 is 34.6 Å². The van der Waals surface area contributed by atoms with Crippen molar-refractivity contribution in [3.05, 3.63) is 41.5 Å². The van der Waals surface area contributed by atoms with Gasteiger partial charge in [0.1, 0.15) is 17.2 Å². The molecule has 0 fully saturated rings. The highest BCUT2D eigenvalue weighted by Gasteiger charge is 2.36. The molecular formula is C18H18O8. The predicted octanol–water partition coefficient (Wildman–Crippen LogP) is 2.73. The normalized spacial score (nSPS) is 18.5. The zero-order valence-corrected chi connectivity index (χ0v) is 13.9. The first kappa shape index (κ1) is 17.5. The number of hydrogen-bond donors (Lipinski definition) is 4. The van der Waals surface area contributed by atoms with Crippen LogP contribution in [0.25, 0.3) is 0 Å². The Morgan fingerprint density at radius 3 is 2.58 bits per heavy atom. The number of phenols is 4. The number of rotatable bonds is 3. The molecule has 0 amide bonds. The Labute approximate surface area is 148 Å². The molecule has 0 saturated heterocycles. The third-order valence-corrected chi connectivity index (χ3v) is 4.00. The molecule has 8 nitrogen and oxygen atoms in total.